The lowest BCUT2D eigenvalue weighted by molar-refractivity contribution is -0.146. The highest BCUT2D eigenvalue weighted by Gasteiger charge is 2.44. The number of halogens is 1. The van der Waals surface area contributed by atoms with E-state index in [1.165, 1.54) is 6.42 Å². The molecule has 3 nitrogen and oxygen atoms in total. The number of fused-ring (bicyclic) bond motifs is 1. The molecule has 1 saturated heterocycles. The van der Waals surface area contributed by atoms with Crippen LogP contribution >= 0.6 is 11.6 Å². The maximum Gasteiger partial charge on any atom is 0.225 e. The predicted molar refractivity (Wildman–Crippen MR) is 92.4 cm³/mol. The van der Waals surface area contributed by atoms with Gasteiger partial charge in [0.1, 0.15) is 0 Å². The lowest BCUT2D eigenvalue weighted by atomic mass is 9.71. The van der Waals surface area contributed by atoms with Crippen LogP contribution in [0.3, 0.4) is 0 Å². The van der Waals surface area contributed by atoms with Crippen LogP contribution in [0.1, 0.15) is 44.6 Å². The second-order valence-electron chi connectivity index (χ2n) is 7.31. The van der Waals surface area contributed by atoms with E-state index >= 15 is 0 Å². The van der Waals surface area contributed by atoms with Crippen molar-refractivity contribution in [3.63, 3.8) is 0 Å². The van der Waals surface area contributed by atoms with Crippen molar-refractivity contribution >= 4 is 17.5 Å². The molecule has 23 heavy (non-hydrogen) atoms. The lowest BCUT2D eigenvalue weighted by Gasteiger charge is -2.47. The Bertz CT molecular complexity index is 559. The van der Waals surface area contributed by atoms with Gasteiger partial charge in [0.05, 0.1) is 5.60 Å². The minimum Gasteiger partial charge on any atom is -0.389 e. The van der Waals surface area contributed by atoms with Crippen LogP contribution in [0, 0.1) is 11.8 Å². The number of amides is 1. The van der Waals surface area contributed by atoms with Gasteiger partial charge in [-0.1, -0.05) is 43.5 Å². The normalized spacial score (nSPS) is 29.0. The van der Waals surface area contributed by atoms with Crippen molar-refractivity contribution in [2.75, 3.05) is 13.1 Å². The number of hydrogen-bond donors (Lipinski definition) is 1. The van der Waals surface area contributed by atoms with Crippen LogP contribution in [0.15, 0.2) is 24.3 Å². The van der Waals surface area contributed by atoms with Gasteiger partial charge in [0.25, 0.3) is 0 Å². The van der Waals surface area contributed by atoms with E-state index in [0.717, 1.165) is 49.2 Å². The molecule has 0 aromatic heterocycles. The summed E-state index contributed by atoms with van der Waals surface area (Å²) in [7, 11) is 0. The molecule has 1 N–H and O–H groups in total. The maximum atomic E-state index is 12.8. The standard InChI is InChI=1S/C19H26ClNO2/c1-14(12-15-5-7-17(20)8-6-15)18(22)21-11-10-19(23)9-3-2-4-16(19)13-21/h5-8,14,16,23H,2-4,9-13H2,1H3. The molecule has 1 saturated carbocycles. The van der Waals surface area contributed by atoms with E-state index in [-0.39, 0.29) is 17.7 Å². The Morgan fingerprint density at radius 1 is 1.35 bits per heavy atom. The van der Waals surface area contributed by atoms with Crippen LogP contribution in [-0.2, 0) is 11.2 Å². The Labute approximate surface area is 143 Å². The maximum absolute atomic E-state index is 12.8. The van der Waals surface area contributed by atoms with Gasteiger partial charge in [0.15, 0.2) is 0 Å². The van der Waals surface area contributed by atoms with Crippen molar-refractivity contribution in [2.45, 2.75) is 51.0 Å². The Balaban J connectivity index is 1.60. The van der Waals surface area contributed by atoms with Crippen LogP contribution in [0.25, 0.3) is 0 Å². The van der Waals surface area contributed by atoms with Crippen LogP contribution < -0.4 is 0 Å². The fourth-order valence-corrected chi connectivity index (χ4v) is 4.27. The Hall–Kier alpha value is -1.06. The minimum absolute atomic E-state index is 0.0361. The molecule has 1 aliphatic heterocycles. The highest BCUT2D eigenvalue weighted by atomic mass is 35.5. The zero-order valence-electron chi connectivity index (χ0n) is 13.8. The first-order valence-corrected chi connectivity index (χ1v) is 9.11. The summed E-state index contributed by atoms with van der Waals surface area (Å²) in [6, 6.07) is 7.72. The molecule has 2 aliphatic rings. The average molecular weight is 336 g/mol. The van der Waals surface area contributed by atoms with Gasteiger partial charge in [-0.25, -0.2) is 0 Å². The molecule has 2 fully saturated rings. The Morgan fingerprint density at radius 3 is 2.83 bits per heavy atom. The SMILES string of the molecule is CC(Cc1ccc(Cl)cc1)C(=O)N1CCC2(O)CCCCC2C1. The number of nitrogens with zero attached hydrogens (tertiary/aromatic N) is 1. The van der Waals surface area contributed by atoms with Gasteiger partial charge >= 0.3 is 0 Å². The van der Waals surface area contributed by atoms with Crippen LogP contribution in [0.2, 0.25) is 5.02 Å². The monoisotopic (exact) mass is 335 g/mol. The quantitative estimate of drug-likeness (QED) is 0.915. The number of likely N-dealkylation sites (tertiary alicyclic amines) is 1. The fraction of sp³-hybridized carbons (Fsp3) is 0.632. The Morgan fingerprint density at radius 2 is 2.09 bits per heavy atom. The van der Waals surface area contributed by atoms with E-state index in [2.05, 4.69) is 0 Å². The zero-order valence-corrected chi connectivity index (χ0v) is 14.6. The predicted octanol–water partition coefficient (Wildman–Crippen LogP) is 3.67. The van der Waals surface area contributed by atoms with Crippen molar-refractivity contribution < 1.29 is 9.90 Å². The summed E-state index contributed by atoms with van der Waals surface area (Å²) in [4.78, 5) is 14.7. The molecule has 1 amide bonds. The summed E-state index contributed by atoms with van der Waals surface area (Å²) in [6.45, 7) is 3.41. The lowest BCUT2D eigenvalue weighted by Crippen LogP contribution is -2.55. The average Bonchev–Trinajstić information content (AvgIpc) is 2.55. The van der Waals surface area contributed by atoms with Gasteiger partial charge in [0, 0.05) is 29.9 Å². The highest BCUT2D eigenvalue weighted by Crippen LogP contribution is 2.40. The molecule has 1 aliphatic carbocycles. The molecule has 1 aromatic carbocycles. The van der Waals surface area contributed by atoms with Gasteiger partial charge < -0.3 is 10.0 Å². The third kappa shape index (κ3) is 3.72. The van der Waals surface area contributed by atoms with E-state index in [1.54, 1.807) is 0 Å². The van der Waals surface area contributed by atoms with Crippen molar-refractivity contribution in [1.29, 1.82) is 0 Å². The molecule has 3 rings (SSSR count). The summed E-state index contributed by atoms with van der Waals surface area (Å²) in [5.41, 5.74) is 0.621. The second kappa shape index (κ2) is 6.82. The molecule has 1 heterocycles. The van der Waals surface area contributed by atoms with Crippen LogP contribution in [0.4, 0.5) is 0 Å². The van der Waals surface area contributed by atoms with E-state index in [1.807, 2.05) is 36.1 Å². The van der Waals surface area contributed by atoms with E-state index in [4.69, 9.17) is 11.6 Å². The van der Waals surface area contributed by atoms with Gasteiger partial charge in [-0.05, 0) is 43.4 Å². The van der Waals surface area contributed by atoms with E-state index < -0.39 is 5.60 Å². The number of carbonyl (C=O) groups excluding carboxylic acids is 1. The number of benzene rings is 1. The van der Waals surface area contributed by atoms with Gasteiger partial charge in [-0.15, -0.1) is 0 Å². The van der Waals surface area contributed by atoms with Crippen LogP contribution in [0.5, 0.6) is 0 Å². The summed E-state index contributed by atoms with van der Waals surface area (Å²) < 4.78 is 0. The van der Waals surface area contributed by atoms with E-state index in [0.29, 0.717) is 6.54 Å². The summed E-state index contributed by atoms with van der Waals surface area (Å²) in [5, 5.41) is 11.5. The molecule has 4 heteroatoms. The minimum atomic E-state index is -0.519. The first-order chi connectivity index (χ1) is 11.0. The second-order valence-corrected chi connectivity index (χ2v) is 7.75. The molecular weight excluding hydrogens is 310 g/mol. The molecule has 126 valence electrons. The highest BCUT2D eigenvalue weighted by molar-refractivity contribution is 6.30. The van der Waals surface area contributed by atoms with Gasteiger partial charge in [0.2, 0.25) is 5.91 Å². The summed E-state index contributed by atoms with van der Waals surface area (Å²) in [6.07, 6.45) is 5.72. The van der Waals surface area contributed by atoms with Crippen molar-refractivity contribution in [1.82, 2.24) is 4.90 Å². The first kappa shape index (κ1) is 16.8. The Kier molecular flexibility index (Phi) is 4.98. The third-order valence-corrected chi connectivity index (χ3v) is 5.87. The number of aliphatic hydroxyl groups is 1. The number of piperidine rings is 1. The van der Waals surface area contributed by atoms with Crippen molar-refractivity contribution in [3.05, 3.63) is 34.9 Å². The molecule has 0 spiro atoms. The number of rotatable bonds is 3. The smallest absolute Gasteiger partial charge is 0.225 e. The fourth-order valence-electron chi connectivity index (χ4n) is 4.14. The van der Waals surface area contributed by atoms with Gasteiger partial charge in [-0.2, -0.15) is 0 Å². The molecule has 0 bridgehead atoms. The van der Waals surface area contributed by atoms with Gasteiger partial charge in [-0.3, -0.25) is 4.79 Å². The molecule has 0 radical (unpaired) electrons. The largest absolute Gasteiger partial charge is 0.389 e. The van der Waals surface area contributed by atoms with Crippen LogP contribution in [-0.4, -0.2) is 34.6 Å². The molecule has 3 unspecified atom stereocenters. The summed E-state index contributed by atoms with van der Waals surface area (Å²) >= 11 is 5.91. The first-order valence-electron chi connectivity index (χ1n) is 8.73. The topological polar surface area (TPSA) is 40.5 Å². The summed E-state index contributed by atoms with van der Waals surface area (Å²) in [5.74, 6) is 0.440. The zero-order chi connectivity index (χ0) is 16.4. The van der Waals surface area contributed by atoms with E-state index in [9.17, 15) is 9.90 Å². The number of carbonyl (C=O) groups is 1. The third-order valence-electron chi connectivity index (χ3n) is 5.62. The molecule has 3 atom stereocenters. The molecule has 1 aromatic rings. The number of hydrogen-bond acceptors (Lipinski definition) is 2. The van der Waals surface area contributed by atoms with Crippen molar-refractivity contribution in [3.8, 4) is 0 Å². The molecular formula is C19H26ClNO2. The van der Waals surface area contributed by atoms with Crippen molar-refractivity contribution in [2.24, 2.45) is 11.8 Å².